The standard InChI is InChI=1S/C21H33N3O4/c1-17-5-3-4-6-20(17)28-14-8-23(2)21(25)22-15-19(18-7-11-27-16-18)24-9-12-26-13-10-24/h3-6,18-19H,7-16H2,1-2H3,(H,22,25). The Bertz CT molecular complexity index is 615. The lowest BCUT2D eigenvalue weighted by Crippen LogP contribution is -2.53. The molecule has 2 fully saturated rings. The summed E-state index contributed by atoms with van der Waals surface area (Å²) in [6.45, 7) is 8.59. The number of nitrogens with zero attached hydrogens (tertiary/aromatic N) is 2. The van der Waals surface area contributed by atoms with Crippen molar-refractivity contribution in [3.05, 3.63) is 29.8 Å². The second-order valence-corrected chi connectivity index (χ2v) is 7.56. The average Bonchev–Trinajstić information content (AvgIpc) is 3.24. The summed E-state index contributed by atoms with van der Waals surface area (Å²) in [4.78, 5) is 16.7. The van der Waals surface area contributed by atoms with E-state index in [1.165, 1.54) is 0 Å². The zero-order valence-electron chi connectivity index (χ0n) is 17.1. The number of rotatable bonds is 8. The first-order chi connectivity index (χ1) is 13.6. The third-order valence-electron chi connectivity index (χ3n) is 5.61. The van der Waals surface area contributed by atoms with Crippen LogP contribution in [-0.4, -0.2) is 88.1 Å². The van der Waals surface area contributed by atoms with Crippen molar-refractivity contribution in [3.8, 4) is 5.75 Å². The van der Waals surface area contributed by atoms with E-state index < -0.39 is 0 Å². The molecule has 2 unspecified atom stereocenters. The first kappa shape index (κ1) is 20.9. The van der Waals surface area contributed by atoms with Gasteiger partial charge in [-0.3, -0.25) is 4.90 Å². The van der Waals surface area contributed by atoms with Crippen LogP contribution in [0.4, 0.5) is 4.79 Å². The van der Waals surface area contributed by atoms with Crippen molar-refractivity contribution in [2.24, 2.45) is 5.92 Å². The summed E-state index contributed by atoms with van der Waals surface area (Å²) >= 11 is 0. The lowest BCUT2D eigenvalue weighted by Gasteiger charge is -2.37. The lowest BCUT2D eigenvalue weighted by atomic mass is 9.97. The number of carbonyl (C=O) groups is 1. The normalized spacial score (nSPS) is 21.3. The van der Waals surface area contributed by atoms with Crippen molar-refractivity contribution in [2.75, 3.05) is 66.3 Å². The summed E-state index contributed by atoms with van der Waals surface area (Å²) in [5.41, 5.74) is 1.10. The van der Waals surface area contributed by atoms with E-state index in [1.807, 2.05) is 31.2 Å². The Morgan fingerprint density at radius 2 is 2.07 bits per heavy atom. The minimum Gasteiger partial charge on any atom is -0.491 e. The van der Waals surface area contributed by atoms with E-state index in [0.717, 1.165) is 57.3 Å². The summed E-state index contributed by atoms with van der Waals surface area (Å²) in [5.74, 6) is 1.33. The molecule has 2 amide bonds. The number of para-hydroxylation sites is 1. The maximum atomic E-state index is 12.5. The average molecular weight is 392 g/mol. The molecule has 2 saturated heterocycles. The van der Waals surface area contributed by atoms with Gasteiger partial charge in [-0.25, -0.2) is 4.79 Å². The van der Waals surface area contributed by atoms with Crippen molar-refractivity contribution < 1.29 is 19.0 Å². The molecule has 28 heavy (non-hydrogen) atoms. The molecule has 0 saturated carbocycles. The van der Waals surface area contributed by atoms with Crippen LogP contribution in [0, 0.1) is 12.8 Å². The van der Waals surface area contributed by atoms with E-state index in [2.05, 4.69) is 10.2 Å². The monoisotopic (exact) mass is 391 g/mol. The van der Waals surface area contributed by atoms with Crippen molar-refractivity contribution >= 4 is 6.03 Å². The molecule has 0 aliphatic carbocycles. The molecule has 1 aromatic rings. The number of hydrogen-bond acceptors (Lipinski definition) is 5. The molecule has 2 heterocycles. The Hall–Kier alpha value is -1.83. The van der Waals surface area contributed by atoms with Gasteiger partial charge < -0.3 is 24.4 Å². The second-order valence-electron chi connectivity index (χ2n) is 7.56. The number of likely N-dealkylation sites (N-methyl/N-ethyl adjacent to an activating group) is 1. The molecule has 156 valence electrons. The molecule has 2 atom stereocenters. The van der Waals surface area contributed by atoms with E-state index in [0.29, 0.717) is 31.7 Å². The molecule has 2 aliphatic heterocycles. The van der Waals surface area contributed by atoms with Gasteiger partial charge in [-0.2, -0.15) is 0 Å². The van der Waals surface area contributed by atoms with Gasteiger partial charge in [0.15, 0.2) is 0 Å². The quantitative estimate of drug-likeness (QED) is 0.732. The summed E-state index contributed by atoms with van der Waals surface area (Å²) in [6, 6.07) is 8.15. The maximum Gasteiger partial charge on any atom is 0.317 e. The van der Waals surface area contributed by atoms with Gasteiger partial charge >= 0.3 is 6.03 Å². The molecule has 2 aliphatic rings. The second kappa shape index (κ2) is 10.6. The Labute approximate surface area is 167 Å². The molecule has 7 heteroatoms. The SMILES string of the molecule is Cc1ccccc1OCCN(C)C(=O)NCC(C1CCOC1)N1CCOCC1. The summed E-state index contributed by atoms with van der Waals surface area (Å²) in [6.07, 6.45) is 1.05. The Morgan fingerprint density at radius 3 is 2.79 bits per heavy atom. The Morgan fingerprint density at radius 1 is 1.29 bits per heavy atom. The predicted molar refractivity (Wildman–Crippen MR) is 108 cm³/mol. The summed E-state index contributed by atoms with van der Waals surface area (Å²) in [5, 5.41) is 3.11. The molecule has 1 N–H and O–H groups in total. The summed E-state index contributed by atoms with van der Waals surface area (Å²) < 4.78 is 16.9. The molecular formula is C21H33N3O4. The highest BCUT2D eigenvalue weighted by Crippen LogP contribution is 2.22. The van der Waals surface area contributed by atoms with E-state index in [-0.39, 0.29) is 6.03 Å². The molecule has 1 aromatic carbocycles. The zero-order valence-corrected chi connectivity index (χ0v) is 17.1. The number of nitrogens with one attached hydrogen (secondary N) is 1. The van der Waals surface area contributed by atoms with Gasteiger partial charge in [-0.15, -0.1) is 0 Å². The highest BCUT2D eigenvalue weighted by atomic mass is 16.5. The molecular weight excluding hydrogens is 358 g/mol. The molecule has 3 rings (SSSR count). The highest BCUT2D eigenvalue weighted by molar-refractivity contribution is 5.73. The first-order valence-corrected chi connectivity index (χ1v) is 10.2. The van der Waals surface area contributed by atoms with Gasteiger partial charge in [-0.1, -0.05) is 18.2 Å². The van der Waals surface area contributed by atoms with E-state index in [1.54, 1.807) is 11.9 Å². The number of aryl methyl sites for hydroxylation is 1. The molecule has 0 bridgehead atoms. The number of ether oxygens (including phenoxy) is 3. The van der Waals surface area contributed by atoms with E-state index in [4.69, 9.17) is 14.2 Å². The van der Waals surface area contributed by atoms with E-state index >= 15 is 0 Å². The van der Waals surface area contributed by atoms with Crippen molar-refractivity contribution in [2.45, 2.75) is 19.4 Å². The lowest BCUT2D eigenvalue weighted by molar-refractivity contribution is 0.00189. The van der Waals surface area contributed by atoms with Gasteiger partial charge in [0, 0.05) is 45.2 Å². The topological polar surface area (TPSA) is 63.3 Å². The Balaban J connectivity index is 1.44. The fourth-order valence-electron chi connectivity index (χ4n) is 3.80. The van der Waals surface area contributed by atoms with Gasteiger partial charge in [0.1, 0.15) is 12.4 Å². The molecule has 0 radical (unpaired) electrons. The fourth-order valence-corrected chi connectivity index (χ4v) is 3.80. The van der Waals surface area contributed by atoms with Crippen LogP contribution in [0.25, 0.3) is 0 Å². The van der Waals surface area contributed by atoms with Gasteiger partial charge in [0.25, 0.3) is 0 Å². The number of carbonyl (C=O) groups excluding carboxylic acids is 1. The van der Waals surface area contributed by atoms with Gasteiger partial charge in [-0.05, 0) is 25.0 Å². The van der Waals surface area contributed by atoms with Crippen molar-refractivity contribution in [3.63, 3.8) is 0 Å². The van der Waals surface area contributed by atoms with Crippen LogP contribution >= 0.6 is 0 Å². The largest absolute Gasteiger partial charge is 0.491 e. The van der Waals surface area contributed by atoms with Gasteiger partial charge in [0.2, 0.25) is 0 Å². The third-order valence-corrected chi connectivity index (χ3v) is 5.61. The molecule has 0 spiro atoms. The van der Waals surface area contributed by atoms with Crippen LogP contribution < -0.4 is 10.1 Å². The number of benzene rings is 1. The molecule has 0 aromatic heterocycles. The van der Waals surface area contributed by atoms with Crippen LogP contribution in [0.3, 0.4) is 0 Å². The van der Waals surface area contributed by atoms with Crippen LogP contribution in [0.5, 0.6) is 5.75 Å². The Kier molecular flexibility index (Phi) is 7.94. The molecule has 7 nitrogen and oxygen atoms in total. The fraction of sp³-hybridized carbons (Fsp3) is 0.667. The number of morpholine rings is 1. The predicted octanol–water partition coefficient (Wildman–Crippen LogP) is 1.75. The van der Waals surface area contributed by atoms with Crippen molar-refractivity contribution in [1.82, 2.24) is 15.1 Å². The van der Waals surface area contributed by atoms with Crippen molar-refractivity contribution in [1.29, 1.82) is 0 Å². The van der Waals surface area contributed by atoms with Crippen LogP contribution in [0.2, 0.25) is 0 Å². The van der Waals surface area contributed by atoms with E-state index in [9.17, 15) is 4.79 Å². The third kappa shape index (κ3) is 5.83. The smallest absolute Gasteiger partial charge is 0.317 e. The number of amides is 2. The summed E-state index contributed by atoms with van der Waals surface area (Å²) in [7, 11) is 1.80. The van der Waals surface area contributed by atoms with Crippen LogP contribution in [0.15, 0.2) is 24.3 Å². The zero-order chi connectivity index (χ0) is 19.8. The van der Waals surface area contributed by atoms with Crippen LogP contribution in [-0.2, 0) is 9.47 Å². The van der Waals surface area contributed by atoms with Gasteiger partial charge in [0.05, 0.1) is 26.4 Å². The minimum absolute atomic E-state index is 0.0643. The maximum absolute atomic E-state index is 12.5. The minimum atomic E-state index is -0.0643. The highest BCUT2D eigenvalue weighted by Gasteiger charge is 2.31. The number of urea groups is 1. The van der Waals surface area contributed by atoms with Crippen LogP contribution in [0.1, 0.15) is 12.0 Å². The first-order valence-electron chi connectivity index (χ1n) is 10.2. The number of hydrogen-bond donors (Lipinski definition) is 1.